The lowest BCUT2D eigenvalue weighted by Crippen LogP contribution is -2.17. The number of hydrogen-bond acceptors (Lipinski definition) is 4. The minimum Gasteiger partial charge on any atom is -0.476 e. The van der Waals surface area contributed by atoms with E-state index in [1.54, 1.807) is 12.1 Å². The van der Waals surface area contributed by atoms with Gasteiger partial charge in [-0.1, -0.05) is 38.1 Å². The fraction of sp³-hybridized carbons (Fsp3) is 0.312. The molecule has 2 rings (SSSR count). The smallest absolute Gasteiger partial charge is 0.358 e. The van der Waals surface area contributed by atoms with E-state index < -0.39 is 11.9 Å². The molecule has 0 bridgehead atoms. The molecule has 1 heterocycles. The molecule has 0 radical (unpaired) electrons. The number of aromatic carboxylic acids is 1. The van der Waals surface area contributed by atoms with E-state index in [4.69, 9.17) is 9.63 Å². The third-order valence-corrected chi connectivity index (χ3v) is 3.30. The van der Waals surface area contributed by atoms with Crippen molar-refractivity contribution in [3.05, 3.63) is 46.8 Å². The summed E-state index contributed by atoms with van der Waals surface area (Å²) in [6.45, 7) is 7.79. The number of nitrogens with zero attached hydrogens (tertiary/aromatic N) is 1. The van der Waals surface area contributed by atoms with Crippen molar-refractivity contribution in [1.82, 2.24) is 5.16 Å². The quantitative estimate of drug-likeness (QED) is 0.908. The van der Waals surface area contributed by atoms with Gasteiger partial charge in [0.05, 0.1) is 0 Å². The number of nitrogens with one attached hydrogen (secondary N) is 1. The van der Waals surface area contributed by atoms with Crippen molar-refractivity contribution >= 4 is 17.6 Å². The maximum Gasteiger partial charge on any atom is 0.358 e. The zero-order chi connectivity index (χ0) is 16.5. The van der Waals surface area contributed by atoms with Gasteiger partial charge in [0.1, 0.15) is 11.3 Å². The number of aromatic nitrogens is 1. The first kappa shape index (κ1) is 15.8. The van der Waals surface area contributed by atoms with Crippen LogP contribution in [0.1, 0.15) is 52.9 Å². The highest BCUT2D eigenvalue weighted by Crippen LogP contribution is 2.24. The minimum atomic E-state index is -1.30. The zero-order valence-corrected chi connectivity index (χ0v) is 12.9. The van der Waals surface area contributed by atoms with Crippen LogP contribution in [0.15, 0.2) is 28.8 Å². The normalized spacial score (nSPS) is 11.3. The molecule has 0 aliphatic heterocycles. The second-order valence-electron chi connectivity index (χ2n) is 6.05. The van der Waals surface area contributed by atoms with Crippen LogP contribution < -0.4 is 5.32 Å². The van der Waals surface area contributed by atoms with Crippen molar-refractivity contribution in [2.45, 2.75) is 33.1 Å². The van der Waals surface area contributed by atoms with Gasteiger partial charge in [-0.2, -0.15) is 0 Å². The molecule has 0 fully saturated rings. The van der Waals surface area contributed by atoms with Gasteiger partial charge in [-0.05, 0) is 30.0 Å². The number of carbonyl (C=O) groups excluding carboxylic acids is 1. The first-order chi connectivity index (χ1) is 10.2. The Morgan fingerprint density at radius 3 is 2.27 bits per heavy atom. The number of carboxylic acid groups (broad SMARTS) is 1. The lowest BCUT2D eigenvalue weighted by Gasteiger charge is -2.19. The Bertz CT molecular complexity index is 709. The Kier molecular flexibility index (Phi) is 4.03. The van der Waals surface area contributed by atoms with Crippen molar-refractivity contribution in [1.29, 1.82) is 0 Å². The summed E-state index contributed by atoms with van der Waals surface area (Å²) in [5, 5.41) is 15.1. The van der Waals surface area contributed by atoms with Gasteiger partial charge in [0.2, 0.25) is 5.69 Å². The number of carboxylic acids is 1. The maximum absolute atomic E-state index is 12.2. The summed E-state index contributed by atoms with van der Waals surface area (Å²) in [6.07, 6.45) is 0. The van der Waals surface area contributed by atoms with Gasteiger partial charge < -0.3 is 14.9 Å². The standard InChI is InChI=1S/C16H18N2O4/c1-9-12(13(15(20)21)18-22-9)14(19)17-11-7-5-10(6-8-11)16(2,3)4/h5-8H,1-4H3,(H,17,19)(H,20,21). The van der Waals surface area contributed by atoms with Crippen LogP contribution in [0.5, 0.6) is 0 Å². The Balaban J connectivity index is 2.23. The van der Waals surface area contributed by atoms with E-state index in [-0.39, 0.29) is 22.4 Å². The van der Waals surface area contributed by atoms with E-state index >= 15 is 0 Å². The lowest BCUT2D eigenvalue weighted by atomic mass is 9.87. The molecule has 6 heteroatoms. The van der Waals surface area contributed by atoms with Crippen LogP contribution in [0.2, 0.25) is 0 Å². The van der Waals surface area contributed by atoms with Crippen LogP contribution in [0, 0.1) is 6.92 Å². The van der Waals surface area contributed by atoms with Gasteiger partial charge >= 0.3 is 5.97 Å². The Morgan fingerprint density at radius 2 is 1.77 bits per heavy atom. The highest BCUT2D eigenvalue weighted by atomic mass is 16.5. The molecule has 1 aromatic heterocycles. The highest BCUT2D eigenvalue weighted by molar-refractivity contribution is 6.10. The van der Waals surface area contributed by atoms with E-state index in [1.165, 1.54) is 6.92 Å². The first-order valence-corrected chi connectivity index (χ1v) is 6.81. The van der Waals surface area contributed by atoms with Crippen LogP contribution in [-0.2, 0) is 5.41 Å². The number of benzene rings is 1. The molecular formula is C16H18N2O4. The third-order valence-electron chi connectivity index (χ3n) is 3.30. The molecule has 0 saturated carbocycles. The van der Waals surface area contributed by atoms with Crippen molar-refractivity contribution in [2.75, 3.05) is 5.32 Å². The van der Waals surface area contributed by atoms with E-state index in [0.717, 1.165) is 5.56 Å². The van der Waals surface area contributed by atoms with E-state index in [0.29, 0.717) is 5.69 Å². The zero-order valence-electron chi connectivity index (χ0n) is 12.9. The summed E-state index contributed by atoms with van der Waals surface area (Å²) in [5.74, 6) is -1.69. The minimum absolute atomic E-state index is 0.0179. The van der Waals surface area contributed by atoms with Crippen LogP contribution in [0.4, 0.5) is 5.69 Å². The number of carbonyl (C=O) groups is 2. The second kappa shape index (κ2) is 5.63. The van der Waals surface area contributed by atoms with Gasteiger partial charge in [0.15, 0.2) is 0 Å². The molecule has 6 nitrogen and oxygen atoms in total. The molecule has 0 unspecified atom stereocenters. The average Bonchev–Trinajstić information content (AvgIpc) is 2.80. The lowest BCUT2D eigenvalue weighted by molar-refractivity contribution is 0.0682. The van der Waals surface area contributed by atoms with E-state index in [2.05, 4.69) is 31.2 Å². The number of aryl methyl sites for hydroxylation is 1. The van der Waals surface area contributed by atoms with Gasteiger partial charge in [0.25, 0.3) is 5.91 Å². The first-order valence-electron chi connectivity index (χ1n) is 6.81. The van der Waals surface area contributed by atoms with Crippen LogP contribution >= 0.6 is 0 Å². The maximum atomic E-state index is 12.2. The second-order valence-corrected chi connectivity index (χ2v) is 6.05. The molecule has 1 amide bonds. The SMILES string of the molecule is Cc1onc(C(=O)O)c1C(=O)Nc1ccc(C(C)(C)C)cc1. The predicted octanol–water partition coefficient (Wildman–Crippen LogP) is 3.23. The summed E-state index contributed by atoms with van der Waals surface area (Å²) in [6, 6.07) is 7.41. The van der Waals surface area contributed by atoms with Gasteiger partial charge in [-0.3, -0.25) is 4.79 Å². The van der Waals surface area contributed by atoms with Crippen molar-refractivity contribution in [3.63, 3.8) is 0 Å². The van der Waals surface area contributed by atoms with E-state index in [9.17, 15) is 9.59 Å². The van der Waals surface area contributed by atoms with Crippen LogP contribution in [-0.4, -0.2) is 22.1 Å². The van der Waals surface area contributed by atoms with Gasteiger partial charge in [-0.15, -0.1) is 0 Å². The Hall–Kier alpha value is -2.63. The summed E-state index contributed by atoms with van der Waals surface area (Å²) < 4.78 is 4.79. The summed E-state index contributed by atoms with van der Waals surface area (Å²) in [5.41, 5.74) is 1.28. The molecule has 0 spiro atoms. The van der Waals surface area contributed by atoms with Gasteiger partial charge in [-0.25, -0.2) is 4.79 Å². The Morgan fingerprint density at radius 1 is 1.18 bits per heavy atom. The number of hydrogen-bond donors (Lipinski definition) is 2. The molecular weight excluding hydrogens is 284 g/mol. The monoisotopic (exact) mass is 302 g/mol. The molecule has 22 heavy (non-hydrogen) atoms. The largest absolute Gasteiger partial charge is 0.476 e. The molecule has 2 N–H and O–H groups in total. The fourth-order valence-corrected chi connectivity index (χ4v) is 2.03. The Labute approximate surface area is 128 Å². The van der Waals surface area contributed by atoms with E-state index in [1.807, 2.05) is 12.1 Å². The number of amides is 1. The number of rotatable bonds is 3. The number of anilines is 1. The summed E-state index contributed by atoms with van der Waals surface area (Å²) in [7, 11) is 0. The molecule has 0 atom stereocenters. The van der Waals surface area contributed by atoms with Gasteiger partial charge in [0, 0.05) is 5.69 Å². The molecule has 0 saturated heterocycles. The van der Waals surface area contributed by atoms with Crippen LogP contribution in [0.25, 0.3) is 0 Å². The molecule has 0 aliphatic carbocycles. The average molecular weight is 302 g/mol. The highest BCUT2D eigenvalue weighted by Gasteiger charge is 2.25. The summed E-state index contributed by atoms with van der Waals surface area (Å²) in [4.78, 5) is 23.3. The topological polar surface area (TPSA) is 92.4 Å². The molecule has 1 aromatic carbocycles. The van der Waals surface area contributed by atoms with Crippen molar-refractivity contribution in [2.24, 2.45) is 0 Å². The van der Waals surface area contributed by atoms with Crippen molar-refractivity contribution in [3.8, 4) is 0 Å². The van der Waals surface area contributed by atoms with Crippen LogP contribution in [0.3, 0.4) is 0 Å². The third kappa shape index (κ3) is 3.16. The fourth-order valence-electron chi connectivity index (χ4n) is 2.03. The summed E-state index contributed by atoms with van der Waals surface area (Å²) >= 11 is 0. The van der Waals surface area contributed by atoms with Crippen molar-refractivity contribution < 1.29 is 19.2 Å². The predicted molar refractivity (Wildman–Crippen MR) is 81.3 cm³/mol. The molecule has 116 valence electrons. The molecule has 2 aromatic rings. The molecule has 0 aliphatic rings.